The number of benzene rings is 3. The van der Waals surface area contributed by atoms with Crippen LogP contribution in [0, 0.1) is 12.7 Å². The third kappa shape index (κ3) is 3.62. The predicted molar refractivity (Wildman–Crippen MR) is 115 cm³/mol. The Morgan fingerprint density at radius 1 is 0.833 bits per heavy atom. The van der Waals surface area contributed by atoms with Crippen LogP contribution in [0.5, 0.6) is 0 Å². The van der Waals surface area contributed by atoms with Crippen LogP contribution in [0.2, 0.25) is 0 Å². The van der Waals surface area contributed by atoms with Gasteiger partial charge in [0.2, 0.25) is 0 Å². The van der Waals surface area contributed by atoms with Crippen molar-refractivity contribution in [3.05, 3.63) is 107 Å². The zero-order chi connectivity index (χ0) is 21.3. The van der Waals surface area contributed by atoms with E-state index in [2.05, 4.69) is 0 Å². The summed E-state index contributed by atoms with van der Waals surface area (Å²) in [7, 11) is 1.76. The average Bonchev–Trinajstić information content (AvgIpc) is 3.00. The van der Waals surface area contributed by atoms with Gasteiger partial charge in [-0.25, -0.2) is 4.39 Å². The lowest BCUT2D eigenvalue weighted by Gasteiger charge is -2.21. The lowest BCUT2D eigenvalue weighted by Crippen LogP contribution is -2.33. The summed E-state index contributed by atoms with van der Waals surface area (Å²) >= 11 is 0. The van der Waals surface area contributed by atoms with E-state index in [9.17, 15) is 14.0 Å². The van der Waals surface area contributed by atoms with Gasteiger partial charge in [-0.05, 0) is 42.3 Å². The van der Waals surface area contributed by atoms with Crippen LogP contribution in [0.4, 0.5) is 10.1 Å². The minimum absolute atomic E-state index is 0.175. The van der Waals surface area contributed by atoms with Crippen molar-refractivity contribution in [1.82, 2.24) is 4.90 Å². The summed E-state index contributed by atoms with van der Waals surface area (Å²) in [6.45, 7) is 2.16. The molecule has 0 spiro atoms. The van der Waals surface area contributed by atoms with Crippen LogP contribution < -0.4 is 4.90 Å². The molecule has 0 N–H and O–H groups in total. The zero-order valence-corrected chi connectivity index (χ0v) is 16.8. The fourth-order valence-electron chi connectivity index (χ4n) is 3.55. The van der Waals surface area contributed by atoms with Crippen LogP contribution in [0.25, 0.3) is 5.57 Å². The fraction of sp³-hybridized carbons (Fsp3) is 0.120. The van der Waals surface area contributed by atoms with Gasteiger partial charge in [0.15, 0.2) is 0 Å². The monoisotopic (exact) mass is 400 g/mol. The Labute approximate surface area is 174 Å². The molecule has 150 valence electrons. The molecule has 0 atom stereocenters. The number of halogens is 1. The molecular weight excluding hydrogens is 379 g/mol. The van der Waals surface area contributed by atoms with Gasteiger partial charge in [-0.1, -0.05) is 60.2 Å². The van der Waals surface area contributed by atoms with Crippen LogP contribution in [0.3, 0.4) is 0 Å². The second kappa shape index (κ2) is 7.95. The SMILES string of the molecule is Cc1ccc(CN2C(=O)C(c3ccc(F)cc3)=C(N(C)c3ccccc3)C2=O)cc1. The number of aryl methyl sites for hydroxylation is 1. The van der Waals surface area contributed by atoms with Gasteiger partial charge in [0.05, 0.1) is 12.1 Å². The van der Waals surface area contributed by atoms with Crippen LogP contribution in [0.15, 0.2) is 84.6 Å². The number of carbonyl (C=O) groups excluding carboxylic acids is 2. The van der Waals surface area contributed by atoms with Crippen molar-refractivity contribution in [3.8, 4) is 0 Å². The van der Waals surface area contributed by atoms with E-state index >= 15 is 0 Å². The number of nitrogens with zero attached hydrogens (tertiary/aromatic N) is 2. The molecule has 1 heterocycles. The van der Waals surface area contributed by atoms with Gasteiger partial charge >= 0.3 is 0 Å². The Morgan fingerprint density at radius 3 is 2.10 bits per heavy atom. The van der Waals surface area contributed by atoms with E-state index in [-0.39, 0.29) is 29.6 Å². The molecule has 0 saturated heterocycles. The summed E-state index contributed by atoms with van der Waals surface area (Å²) in [6.07, 6.45) is 0. The number of likely N-dealkylation sites (N-methyl/N-ethyl adjacent to an activating group) is 1. The van der Waals surface area contributed by atoms with Gasteiger partial charge in [0, 0.05) is 12.7 Å². The molecule has 4 rings (SSSR count). The van der Waals surface area contributed by atoms with E-state index in [4.69, 9.17) is 0 Å². The maximum absolute atomic E-state index is 13.5. The largest absolute Gasteiger partial charge is 0.339 e. The number of hydrogen-bond acceptors (Lipinski definition) is 3. The number of rotatable bonds is 5. The van der Waals surface area contributed by atoms with Gasteiger partial charge in [0.1, 0.15) is 11.5 Å². The molecule has 0 aliphatic carbocycles. The van der Waals surface area contributed by atoms with Crippen molar-refractivity contribution in [2.24, 2.45) is 0 Å². The topological polar surface area (TPSA) is 40.6 Å². The molecule has 0 unspecified atom stereocenters. The van der Waals surface area contributed by atoms with E-state index in [1.165, 1.54) is 29.2 Å². The summed E-state index contributed by atoms with van der Waals surface area (Å²) in [4.78, 5) is 29.7. The maximum atomic E-state index is 13.5. The van der Waals surface area contributed by atoms with Crippen molar-refractivity contribution in [1.29, 1.82) is 0 Å². The van der Waals surface area contributed by atoms with Gasteiger partial charge in [-0.2, -0.15) is 0 Å². The number of hydrogen-bond donors (Lipinski definition) is 0. The number of anilines is 1. The molecule has 0 saturated carbocycles. The molecule has 0 fully saturated rings. The first kappa shape index (κ1) is 19.6. The molecule has 0 aromatic heterocycles. The van der Waals surface area contributed by atoms with Crippen molar-refractivity contribution in [3.63, 3.8) is 0 Å². The van der Waals surface area contributed by atoms with Crippen LogP contribution in [-0.4, -0.2) is 23.8 Å². The standard InChI is InChI=1S/C25H21FN2O2/c1-17-8-10-18(11-9-17)16-28-24(29)22(19-12-14-20(26)15-13-19)23(25(28)30)27(2)21-6-4-3-5-7-21/h3-15H,16H2,1-2H3. The third-order valence-electron chi connectivity index (χ3n) is 5.22. The van der Waals surface area contributed by atoms with E-state index < -0.39 is 5.82 Å². The number of imide groups is 1. The lowest BCUT2D eigenvalue weighted by molar-refractivity contribution is -0.137. The van der Waals surface area contributed by atoms with E-state index in [1.807, 2.05) is 61.5 Å². The highest BCUT2D eigenvalue weighted by Crippen LogP contribution is 2.34. The summed E-state index contributed by atoms with van der Waals surface area (Å²) < 4.78 is 13.5. The highest BCUT2D eigenvalue weighted by molar-refractivity contribution is 6.36. The van der Waals surface area contributed by atoms with Crippen LogP contribution in [-0.2, 0) is 16.1 Å². The Kier molecular flexibility index (Phi) is 5.19. The summed E-state index contributed by atoms with van der Waals surface area (Å²) in [5.41, 5.74) is 3.82. The highest BCUT2D eigenvalue weighted by atomic mass is 19.1. The van der Waals surface area contributed by atoms with Gasteiger partial charge < -0.3 is 4.90 Å². The van der Waals surface area contributed by atoms with E-state index in [1.54, 1.807) is 11.9 Å². The van der Waals surface area contributed by atoms with Crippen molar-refractivity contribution >= 4 is 23.1 Å². The lowest BCUT2D eigenvalue weighted by atomic mass is 10.0. The number of para-hydroxylation sites is 1. The number of carbonyl (C=O) groups is 2. The van der Waals surface area contributed by atoms with Gasteiger partial charge in [-0.3, -0.25) is 14.5 Å². The smallest absolute Gasteiger partial charge is 0.278 e. The Bertz CT molecular complexity index is 1120. The highest BCUT2D eigenvalue weighted by Gasteiger charge is 2.41. The zero-order valence-electron chi connectivity index (χ0n) is 16.8. The Morgan fingerprint density at radius 2 is 1.47 bits per heavy atom. The third-order valence-corrected chi connectivity index (χ3v) is 5.22. The van der Waals surface area contributed by atoms with Crippen LogP contribution in [0.1, 0.15) is 16.7 Å². The first-order valence-corrected chi connectivity index (χ1v) is 9.66. The van der Waals surface area contributed by atoms with E-state index in [0.717, 1.165) is 16.8 Å². The molecular formula is C25H21FN2O2. The summed E-state index contributed by atoms with van der Waals surface area (Å²) in [6, 6.07) is 22.7. The van der Waals surface area contributed by atoms with Gasteiger partial charge in [-0.15, -0.1) is 0 Å². The minimum atomic E-state index is -0.398. The quantitative estimate of drug-likeness (QED) is 0.590. The van der Waals surface area contributed by atoms with Gasteiger partial charge in [0.25, 0.3) is 11.8 Å². The maximum Gasteiger partial charge on any atom is 0.278 e. The minimum Gasteiger partial charge on any atom is -0.339 e. The molecule has 5 heteroatoms. The van der Waals surface area contributed by atoms with E-state index in [0.29, 0.717) is 5.56 Å². The summed E-state index contributed by atoms with van der Waals surface area (Å²) in [5, 5.41) is 0. The molecule has 0 bridgehead atoms. The molecule has 3 aromatic rings. The predicted octanol–water partition coefficient (Wildman–Crippen LogP) is 4.55. The first-order chi connectivity index (χ1) is 14.5. The van der Waals surface area contributed by atoms with Crippen LogP contribution >= 0.6 is 0 Å². The Hall–Kier alpha value is -3.73. The average molecular weight is 400 g/mol. The molecule has 1 aliphatic rings. The second-order valence-electron chi connectivity index (χ2n) is 7.31. The van der Waals surface area contributed by atoms with Crippen molar-refractivity contribution < 1.29 is 14.0 Å². The van der Waals surface area contributed by atoms with Crippen molar-refractivity contribution in [2.45, 2.75) is 13.5 Å². The Balaban J connectivity index is 1.78. The first-order valence-electron chi connectivity index (χ1n) is 9.66. The summed E-state index contributed by atoms with van der Waals surface area (Å²) in [5.74, 6) is -1.15. The molecule has 4 nitrogen and oxygen atoms in total. The molecule has 3 aromatic carbocycles. The second-order valence-corrected chi connectivity index (χ2v) is 7.31. The molecule has 0 radical (unpaired) electrons. The fourth-order valence-corrected chi connectivity index (χ4v) is 3.55. The molecule has 30 heavy (non-hydrogen) atoms. The van der Waals surface area contributed by atoms with Crippen molar-refractivity contribution in [2.75, 3.05) is 11.9 Å². The normalized spacial score (nSPS) is 13.9. The molecule has 2 amide bonds. The molecule has 1 aliphatic heterocycles. The number of amides is 2.